The molecule has 1 aliphatic rings. The summed E-state index contributed by atoms with van der Waals surface area (Å²) in [7, 11) is 0. The van der Waals surface area contributed by atoms with Crippen LogP contribution in [0.5, 0.6) is 0 Å². The molecule has 1 rings (SSSR count). The molecule has 0 amide bonds. The third kappa shape index (κ3) is 6.78. The van der Waals surface area contributed by atoms with Gasteiger partial charge in [-0.2, -0.15) is 0 Å². The predicted octanol–water partition coefficient (Wildman–Crippen LogP) is 3.50. The standard InChI is InChI=1S/C17H28O4/c1-4-6-14-7-9-15(10-8-14)17(19)21-12-13(3)11-20-16(18)5-2/h5,13-15H,2,4,6-12H2,1,3H3/t13-,14?,15?/m0/s1. The Balaban J connectivity index is 2.19. The summed E-state index contributed by atoms with van der Waals surface area (Å²) >= 11 is 0. The second-order valence-electron chi connectivity index (χ2n) is 6.08. The molecular weight excluding hydrogens is 268 g/mol. The van der Waals surface area contributed by atoms with E-state index in [0.29, 0.717) is 6.61 Å². The van der Waals surface area contributed by atoms with Crippen LogP contribution in [0.25, 0.3) is 0 Å². The highest BCUT2D eigenvalue weighted by Crippen LogP contribution is 2.32. The Bertz CT molecular complexity index is 343. The van der Waals surface area contributed by atoms with E-state index in [1.807, 2.05) is 6.92 Å². The minimum absolute atomic E-state index is 0.00859. The van der Waals surface area contributed by atoms with Crippen molar-refractivity contribution in [2.75, 3.05) is 13.2 Å². The van der Waals surface area contributed by atoms with Gasteiger partial charge in [0, 0.05) is 12.0 Å². The van der Waals surface area contributed by atoms with Crippen molar-refractivity contribution >= 4 is 11.9 Å². The zero-order valence-corrected chi connectivity index (χ0v) is 13.3. The number of carbonyl (C=O) groups excluding carboxylic acids is 2. The minimum Gasteiger partial charge on any atom is -0.465 e. The predicted molar refractivity (Wildman–Crippen MR) is 81.6 cm³/mol. The molecule has 1 aliphatic carbocycles. The lowest BCUT2D eigenvalue weighted by atomic mass is 9.80. The van der Waals surface area contributed by atoms with Crippen LogP contribution in [0.3, 0.4) is 0 Å². The molecule has 120 valence electrons. The van der Waals surface area contributed by atoms with Crippen molar-refractivity contribution in [1.82, 2.24) is 0 Å². The molecule has 0 unspecified atom stereocenters. The minimum atomic E-state index is -0.442. The number of ether oxygens (including phenoxy) is 2. The molecule has 0 N–H and O–H groups in total. The number of hydrogen-bond donors (Lipinski definition) is 0. The molecule has 0 heterocycles. The van der Waals surface area contributed by atoms with Crippen LogP contribution >= 0.6 is 0 Å². The fraction of sp³-hybridized carbons (Fsp3) is 0.765. The molecule has 21 heavy (non-hydrogen) atoms. The summed E-state index contributed by atoms with van der Waals surface area (Å²) in [5.74, 6) is 0.320. The van der Waals surface area contributed by atoms with Gasteiger partial charge in [0.05, 0.1) is 19.1 Å². The molecule has 0 aromatic rings. The Labute approximate surface area is 127 Å². The van der Waals surface area contributed by atoms with Crippen molar-refractivity contribution in [3.8, 4) is 0 Å². The molecule has 0 saturated heterocycles. The number of rotatable bonds is 8. The van der Waals surface area contributed by atoms with Gasteiger partial charge >= 0.3 is 11.9 Å². The van der Waals surface area contributed by atoms with E-state index >= 15 is 0 Å². The first-order valence-corrected chi connectivity index (χ1v) is 8.02. The molecule has 1 saturated carbocycles. The Morgan fingerprint density at radius 2 is 1.81 bits per heavy atom. The van der Waals surface area contributed by atoms with Crippen molar-refractivity contribution in [2.24, 2.45) is 17.8 Å². The Kier molecular flexibility index (Phi) is 8.09. The molecule has 0 aliphatic heterocycles. The van der Waals surface area contributed by atoms with E-state index in [0.717, 1.165) is 37.7 Å². The van der Waals surface area contributed by atoms with Gasteiger partial charge in [0.1, 0.15) is 0 Å². The van der Waals surface area contributed by atoms with Gasteiger partial charge in [-0.25, -0.2) is 4.79 Å². The highest BCUT2D eigenvalue weighted by atomic mass is 16.5. The van der Waals surface area contributed by atoms with Gasteiger partial charge in [0.25, 0.3) is 0 Å². The van der Waals surface area contributed by atoms with Gasteiger partial charge in [-0.1, -0.05) is 33.3 Å². The molecule has 1 fully saturated rings. The lowest BCUT2D eigenvalue weighted by molar-refractivity contribution is -0.152. The van der Waals surface area contributed by atoms with Gasteiger partial charge in [-0.05, 0) is 31.6 Å². The summed E-state index contributed by atoms with van der Waals surface area (Å²) in [6.45, 7) is 7.99. The van der Waals surface area contributed by atoms with Crippen LogP contribution in [0, 0.1) is 17.8 Å². The van der Waals surface area contributed by atoms with Gasteiger partial charge in [-0.3, -0.25) is 4.79 Å². The van der Waals surface area contributed by atoms with Crippen LogP contribution < -0.4 is 0 Å². The van der Waals surface area contributed by atoms with Crippen LogP contribution in [0.15, 0.2) is 12.7 Å². The number of hydrogen-bond acceptors (Lipinski definition) is 4. The monoisotopic (exact) mass is 296 g/mol. The van der Waals surface area contributed by atoms with E-state index in [2.05, 4.69) is 13.5 Å². The summed E-state index contributed by atoms with van der Waals surface area (Å²) in [5, 5.41) is 0. The first-order valence-electron chi connectivity index (χ1n) is 8.02. The van der Waals surface area contributed by atoms with Crippen LogP contribution in [-0.4, -0.2) is 25.2 Å². The van der Waals surface area contributed by atoms with E-state index < -0.39 is 5.97 Å². The van der Waals surface area contributed by atoms with Crippen molar-refractivity contribution < 1.29 is 19.1 Å². The van der Waals surface area contributed by atoms with Gasteiger partial charge in [0.2, 0.25) is 0 Å². The third-order valence-electron chi connectivity index (χ3n) is 4.06. The van der Waals surface area contributed by atoms with Crippen molar-refractivity contribution in [3.05, 3.63) is 12.7 Å². The first kappa shape index (κ1) is 17.7. The van der Waals surface area contributed by atoms with Crippen LogP contribution in [0.1, 0.15) is 52.4 Å². The zero-order valence-electron chi connectivity index (χ0n) is 13.3. The summed E-state index contributed by atoms with van der Waals surface area (Å²) in [5.41, 5.74) is 0. The second-order valence-corrected chi connectivity index (χ2v) is 6.08. The highest BCUT2D eigenvalue weighted by Gasteiger charge is 2.27. The topological polar surface area (TPSA) is 52.6 Å². The maximum absolute atomic E-state index is 12.0. The fourth-order valence-corrected chi connectivity index (χ4v) is 2.77. The Morgan fingerprint density at radius 1 is 1.19 bits per heavy atom. The maximum atomic E-state index is 12.0. The Hall–Kier alpha value is -1.32. The van der Waals surface area contributed by atoms with Crippen molar-refractivity contribution in [3.63, 3.8) is 0 Å². The number of esters is 2. The third-order valence-corrected chi connectivity index (χ3v) is 4.06. The zero-order chi connectivity index (χ0) is 15.7. The van der Waals surface area contributed by atoms with E-state index in [1.54, 1.807) is 0 Å². The molecule has 1 atom stereocenters. The lowest BCUT2D eigenvalue weighted by Gasteiger charge is -2.27. The van der Waals surface area contributed by atoms with Gasteiger partial charge in [-0.15, -0.1) is 0 Å². The number of carbonyl (C=O) groups is 2. The SMILES string of the molecule is C=CC(=O)OC[C@H](C)COC(=O)C1CCC(CCC)CC1. The normalized spacial score (nSPS) is 23.1. The first-order chi connectivity index (χ1) is 10.1. The summed E-state index contributed by atoms with van der Waals surface area (Å²) in [6, 6.07) is 0. The largest absolute Gasteiger partial charge is 0.465 e. The van der Waals surface area contributed by atoms with Crippen molar-refractivity contribution in [1.29, 1.82) is 0 Å². The lowest BCUT2D eigenvalue weighted by Crippen LogP contribution is -2.26. The van der Waals surface area contributed by atoms with E-state index in [9.17, 15) is 9.59 Å². The summed E-state index contributed by atoms with van der Waals surface area (Å²) in [4.78, 5) is 23.0. The Morgan fingerprint density at radius 3 is 2.38 bits per heavy atom. The molecule has 0 radical (unpaired) electrons. The van der Waals surface area contributed by atoms with Gasteiger partial charge < -0.3 is 9.47 Å². The molecular formula is C17H28O4. The van der Waals surface area contributed by atoms with E-state index in [-0.39, 0.29) is 24.4 Å². The maximum Gasteiger partial charge on any atom is 0.330 e. The molecule has 0 aromatic carbocycles. The molecule has 4 nitrogen and oxygen atoms in total. The van der Waals surface area contributed by atoms with Crippen molar-refractivity contribution in [2.45, 2.75) is 52.4 Å². The average Bonchev–Trinajstić information content (AvgIpc) is 2.51. The second kappa shape index (κ2) is 9.59. The smallest absolute Gasteiger partial charge is 0.330 e. The van der Waals surface area contributed by atoms with Crippen LogP contribution in [0.2, 0.25) is 0 Å². The molecule has 0 aromatic heterocycles. The fourth-order valence-electron chi connectivity index (χ4n) is 2.77. The molecule has 4 heteroatoms. The van der Waals surface area contributed by atoms with E-state index in [4.69, 9.17) is 9.47 Å². The quantitative estimate of drug-likeness (QED) is 0.508. The van der Waals surface area contributed by atoms with Crippen LogP contribution in [0.4, 0.5) is 0 Å². The van der Waals surface area contributed by atoms with Gasteiger partial charge in [0.15, 0.2) is 0 Å². The highest BCUT2D eigenvalue weighted by molar-refractivity contribution is 5.81. The molecule has 0 spiro atoms. The van der Waals surface area contributed by atoms with E-state index in [1.165, 1.54) is 12.8 Å². The average molecular weight is 296 g/mol. The van der Waals surface area contributed by atoms with Crippen LogP contribution in [-0.2, 0) is 19.1 Å². The summed E-state index contributed by atoms with van der Waals surface area (Å²) in [6.07, 6.45) is 7.80. The summed E-state index contributed by atoms with van der Waals surface area (Å²) < 4.78 is 10.3. The molecule has 0 bridgehead atoms.